The third-order valence-corrected chi connectivity index (χ3v) is 3.82. The van der Waals surface area contributed by atoms with E-state index in [1.165, 1.54) is 0 Å². The molecule has 0 spiro atoms. The summed E-state index contributed by atoms with van der Waals surface area (Å²) in [7, 11) is 0. The van der Waals surface area contributed by atoms with E-state index >= 15 is 0 Å². The van der Waals surface area contributed by atoms with E-state index in [2.05, 4.69) is 47.1 Å². The molecule has 1 amide bonds. The number of ether oxygens (including phenoxy) is 1. The van der Waals surface area contributed by atoms with Gasteiger partial charge in [-0.15, -0.1) is 0 Å². The van der Waals surface area contributed by atoms with Crippen LogP contribution in [-0.4, -0.2) is 22.5 Å². The van der Waals surface area contributed by atoms with Gasteiger partial charge >= 0.3 is 0 Å². The number of hydrogen-bond acceptors (Lipinski definition) is 4. The minimum atomic E-state index is -0.306. The van der Waals surface area contributed by atoms with Gasteiger partial charge in [0.15, 0.2) is 6.61 Å². The normalized spacial score (nSPS) is 10.4. The van der Waals surface area contributed by atoms with Gasteiger partial charge in [0.2, 0.25) is 5.95 Å². The molecule has 0 unspecified atom stereocenters. The molecule has 0 saturated heterocycles. The van der Waals surface area contributed by atoms with E-state index in [0.29, 0.717) is 5.75 Å². The Morgan fingerprint density at radius 1 is 1.14 bits per heavy atom. The molecule has 0 atom stereocenters. The largest absolute Gasteiger partial charge is 0.482 e. The first-order valence-corrected chi connectivity index (χ1v) is 8.14. The minimum absolute atomic E-state index is 0.114. The summed E-state index contributed by atoms with van der Waals surface area (Å²) in [4.78, 5) is 20.3. The summed E-state index contributed by atoms with van der Waals surface area (Å²) in [5.41, 5.74) is 2.53. The summed E-state index contributed by atoms with van der Waals surface area (Å²) in [5, 5.41) is 2.63. The number of carbonyl (C=O) groups excluding carboxylic acids is 1. The van der Waals surface area contributed by atoms with Crippen molar-refractivity contribution in [3.8, 4) is 5.75 Å². The number of rotatable bonds is 4. The average Bonchev–Trinajstić information content (AvgIpc) is 2.35. The fraction of sp³-hybridized carbons (Fsp3) is 0.267. The molecule has 5 nitrogen and oxygen atoms in total. The number of aryl methyl sites for hydroxylation is 3. The predicted octanol–water partition coefficient (Wildman–Crippen LogP) is 3.94. The van der Waals surface area contributed by atoms with Gasteiger partial charge in [-0.05, 0) is 60.5 Å². The summed E-state index contributed by atoms with van der Waals surface area (Å²) in [6.07, 6.45) is 0. The molecule has 0 saturated carbocycles. The standard InChI is InChI=1S/C15H15Br2N3O2/c1-8-4-11(16)6-12(17)14(8)22-7-13(21)20-15-18-9(2)5-10(3)19-15/h4-6H,7H2,1-3H3,(H,18,19,20,21). The van der Waals surface area contributed by atoms with Crippen LogP contribution >= 0.6 is 31.9 Å². The van der Waals surface area contributed by atoms with Crippen LogP contribution in [0.5, 0.6) is 5.75 Å². The van der Waals surface area contributed by atoms with Gasteiger partial charge in [0.05, 0.1) is 4.47 Å². The SMILES string of the molecule is Cc1cc(C)nc(NC(=O)COc2c(C)cc(Br)cc2Br)n1. The molecule has 1 heterocycles. The maximum absolute atomic E-state index is 12.0. The van der Waals surface area contributed by atoms with Crippen LogP contribution in [0.25, 0.3) is 0 Å². The maximum Gasteiger partial charge on any atom is 0.264 e. The van der Waals surface area contributed by atoms with Gasteiger partial charge in [-0.25, -0.2) is 9.97 Å². The Kier molecular flexibility index (Phi) is 5.52. The quantitative estimate of drug-likeness (QED) is 0.800. The molecule has 0 bridgehead atoms. The number of aromatic nitrogens is 2. The van der Waals surface area contributed by atoms with E-state index < -0.39 is 0 Å². The highest BCUT2D eigenvalue weighted by atomic mass is 79.9. The fourth-order valence-corrected chi connectivity index (χ4v) is 3.51. The first kappa shape index (κ1) is 16.9. The Balaban J connectivity index is 2.01. The molecule has 22 heavy (non-hydrogen) atoms. The summed E-state index contributed by atoms with van der Waals surface area (Å²) in [6, 6.07) is 5.63. The molecule has 7 heteroatoms. The number of carbonyl (C=O) groups is 1. The lowest BCUT2D eigenvalue weighted by Gasteiger charge is -2.11. The van der Waals surface area contributed by atoms with E-state index in [0.717, 1.165) is 25.9 Å². The monoisotopic (exact) mass is 427 g/mol. The lowest BCUT2D eigenvalue weighted by Crippen LogP contribution is -2.22. The molecule has 0 aliphatic carbocycles. The van der Waals surface area contributed by atoms with Crippen LogP contribution < -0.4 is 10.1 Å². The molecule has 0 aliphatic rings. The Hall–Kier alpha value is -1.47. The zero-order valence-corrected chi connectivity index (χ0v) is 15.6. The molecule has 116 valence electrons. The summed E-state index contributed by atoms with van der Waals surface area (Å²) < 4.78 is 7.31. The lowest BCUT2D eigenvalue weighted by atomic mass is 10.2. The van der Waals surface area contributed by atoms with Crippen molar-refractivity contribution in [1.82, 2.24) is 9.97 Å². The van der Waals surface area contributed by atoms with Crippen molar-refractivity contribution in [1.29, 1.82) is 0 Å². The number of nitrogens with zero attached hydrogens (tertiary/aromatic N) is 2. The zero-order valence-electron chi connectivity index (χ0n) is 12.4. The molecule has 0 aliphatic heterocycles. The molecule has 1 N–H and O–H groups in total. The van der Waals surface area contributed by atoms with Gasteiger partial charge in [-0.2, -0.15) is 0 Å². The average molecular weight is 429 g/mol. The Morgan fingerprint density at radius 3 is 2.36 bits per heavy atom. The van der Waals surface area contributed by atoms with E-state index in [-0.39, 0.29) is 18.5 Å². The smallest absolute Gasteiger partial charge is 0.264 e. The highest BCUT2D eigenvalue weighted by molar-refractivity contribution is 9.11. The molecule has 1 aromatic carbocycles. The van der Waals surface area contributed by atoms with Gasteiger partial charge in [0, 0.05) is 15.9 Å². The number of hydrogen-bond donors (Lipinski definition) is 1. The zero-order chi connectivity index (χ0) is 16.3. The molecule has 1 aromatic heterocycles. The van der Waals surface area contributed by atoms with Crippen molar-refractivity contribution < 1.29 is 9.53 Å². The van der Waals surface area contributed by atoms with Crippen LogP contribution in [-0.2, 0) is 4.79 Å². The molecule has 2 rings (SSSR count). The summed E-state index contributed by atoms with van der Waals surface area (Å²) >= 11 is 6.83. The Morgan fingerprint density at radius 2 is 1.77 bits per heavy atom. The summed E-state index contributed by atoms with van der Waals surface area (Å²) in [6.45, 7) is 5.50. The van der Waals surface area contributed by atoms with Crippen molar-refractivity contribution in [2.45, 2.75) is 20.8 Å². The fourth-order valence-electron chi connectivity index (χ4n) is 1.95. The van der Waals surface area contributed by atoms with Crippen LogP contribution in [0.2, 0.25) is 0 Å². The molecular formula is C15H15Br2N3O2. The van der Waals surface area contributed by atoms with E-state index in [1.54, 1.807) is 0 Å². The van der Waals surface area contributed by atoms with Crippen molar-refractivity contribution in [2.24, 2.45) is 0 Å². The first-order valence-electron chi connectivity index (χ1n) is 6.55. The number of halogens is 2. The van der Waals surface area contributed by atoms with Gasteiger partial charge < -0.3 is 4.74 Å². The first-order chi connectivity index (χ1) is 10.3. The highest BCUT2D eigenvalue weighted by Gasteiger charge is 2.11. The van der Waals surface area contributed by atoms with Crippen molar-refractivity contribution in [3.63, 3.8) is 0 Å². The second kappa shape index (κ2) is 7.19. The number of nitrogens with one attached hydrogen (secondary N) is 1. The summed E-state index contributed by atoms with van der Waals surface area (Å²) in [5.74, 6) is 0.622. The van der Waals surface area contributed by atoms with Crippen LogP contribution in [0, 0.1) is 20.8 Å². The topological polar surface area (TPSA) is 64.1 Å². The second-order valence-electron chi connectivity index (χ2n) is 4.84. The van der Waals surface area contributed by atoms with E-state index in [9.17, 15) is 4.79 Å². The highest BCUT2D eigenvalue weighted by Crippen LogP contribution is 2.32. The molecular weight excluding hydrogens is 414 g/mol. The molecule has 0 fully saturated rings. The van der Waals surface area contributed by atoms with Crippen LogP contribution in [0.4, 0.5) is 5.95 Å². The van der Waals surface area contributed by atoms with Gasteiger partial charge in [-0.3, -0.25) is 10.1 Å². The van der Waals surface area contributed by atoms with Gasteiger partial charge in [0.1, 0.15) is 5.75 Å². The number of benzene rings is 1. The molecule has 2 aromatic rings. The Labute approximate surface area is 145 Å². The van der Waals surface area contributed by atoms with Crippen molar-refractivity contribution in [2.75, 3.05) is 11.9 Å². The van der Waals surface area contributed by atoms with Crippen LogP contribution in [0.15, 0.2) is 27.1 Å². The predicted molar refractivity (Wildman–Crippen MR) is 92.2 cm³/mol. The van der Waals surface area contributed by atoms with Gasteiger partial charge in [0.25, 0.3) is 5.91 Å². The maximum atomic E-state index is 12.0. The van der Waals surface area contributed by atoms with Crippen molar-refractivity contribution in [3.05, 3.63) is 44.1 Å². The third-order valence-electron chi connectivity index (χ3n) is 2.78. The van der Waals surface area contributed by atoms with Crippen LogP contribution in [0.1, 0.15) is 17.0 Å². The lowest BCUT2D eigenvalue weighted by molar-refractivity contribution is -0.118. The van der Waals surface area contributed by atoms with E-state index in [1.807, 2.05) is 39.0 Å². The molecule has 0 radical (unpaired) electrons. The number of anilines is 1. The van der Waals surface area contributed by atoms with Gasteiger partial charge in [-0.1, -0.05) is 15.9 Å². The van der Waals surface area contributed by atoms with E-state index in [4.69, 9.17) is 4.74 Å². The Bertz CT molecular complexity index is 677. The number of amides is 1. The minimum Gasteiger partial charge on any atom is -0.482 e. The third kappa shape index (κ3) is 4.51. The van der Waals surface area contributed by atoms with Crippen LogP contribution in [0.3, 0.4) is 0 Å². The second-order valence-corrected chi connectivity index (χ2v) is 6.61. The van der Waals surface area contributed by atoms with Crippen molar-refractivity contribution >= 4 is 43.7 Å².